The van der Waals surface area contributed by atoms with Crippen molar-refractivity contribution in [1.82, 2.24) is 5.32 Å². The lowest BCUT2D eigenvalue weighted by Crippen LogP contribution is -2.37. The van der Waals surface area contributed by atoms with Crippen molar-refractivity contribution in [3.05, 3.63) is 30.9 Å². The maximum Gasteiger partial charge on any atom is 0.265 e. The molecular weight excluding hydrogens is 270 g/mol. The van der Waals surface area contributed by atoms with Gasteiger partial charge in [-0.1, -0.05) is 6.08 Å². The average Bonchev–Trinajstić information content (AvgIpc) is 2.46. The number of carbonyl (C=O) groups excluding carboxylic acids is 2. The number of hydrogen-bond donors (Lipinski definition) is 3. The van der Waals surface area contributed by atoms with Crippen molar-refractivity contribution >= 4 is 23.2 Å². The van der Waals surface area contributed by atoms with Crippen LogP contribution in [0.2, 0.25) is 0 Å². The predicted octanol–water partition coefficient (Wildman–Crippen LogP) is 1.51. The zero-order chi connectivity index (χ0) is 15.4. The van der Waals surface area contributed by atoms with Gasteiger partial charge >= 0.3 is 0 Å². The number of nitrogens with one attached hydrogen (secondary N) is 3. The van der Waals surface area contributed by atoms with E-state index in [1.165, 1.54) is 0 Å². The molecule has 0 aromatic heterocycles. The third-order valence-electron chi connectivity index (χ3n) is 3.11. The first kappa shape index (κ1) is 14.9. The molecule has 112 valence electrons. The second-order valence-electron chi connectivity index (χ2n) is 4.86. The van der Waals surface area contributed by atoms with Crippen molar-refractivity contribution in [3.8, 4) is 5.75 Å². The molecule has 3 N–H and O–H groups in total. The number of hydrogen-bond acceptors (Lipinski definition) is 4. The summed E-state index contributed by atoms with van der Waals surface area (Å²) in [5.74, 6) is 0.314. The molecule has 0 saturated heterocycles. The maximum absolute atomic E-state index is 11.8. The Hall–Kier alpha value is -2.50. The molecule has 6 heteroatoms. The molecule has 1 heterocycles. The van der Waals surface area contributed by atoms with E-state index in [1.54, 1.807) is 38.1 Å². The first-order valence-corrected chi connectivity index (χ1v) is 6.78. The summed E-state index contributed by atoms with van der Waals surface area (Å²) in [6.45, 7) is 7.43. The van der Waals surface area contributed by atoms with E-state index in [1.807, 2.05) is 0 Å². The zero-order valence-corrected chi connectivity index (χ0v) is 12.1. The van der Waals surface area contributed by atoms with Gasteiger partial charge in [0.25, 0.3) is 5.91 Å². The number of benzene rings is 1. The summed E-state index contributed by atoms with van der Waals surface area (Å²) in [5.41, 5.74) is 1.33. The van der Waals surface area contributed by atoms with Crippen LogP contribution in [0.5, 0.6) is 5.75 Å². The standard InChI is InChI=1S/C15H19N3O3/c1-4-7-16-14(19)9(2)17-11-5-6-13-12(8-11)18-15(20)10(3)21-13/h4-6,8-10,17H,1,7H2,2-3H3,(H,16,19)(H,18,20). The van der Waals surface area contributed by atoms with Crippen molar-refractivity contribution < 1.29 is 14.3 Å². The van der Waals surface area contributed by atoms with Gasteiger partial charge in [-0.3, -0.25) is 9.59 Å². The zero-order valence-electron chi connectivity index (χ0n) is 12.1. The topological polar surface area (TPSA) is 79.5 Å². The SMILES string of the molecule is C=CCNC(=O)C(C)Nc1ccc2c(c1)NC(=O)C(C)O2. The van der Waals surface area contributed by atoms with E-state index >= 15 is 0 Å². The Morgan fingerprint density at radius 3 is 3.05 bits per heavy atom. The number of ether oxygens (including phenoxy) is 1. The second kappa shape index (κ2) is 6.30. The van der Waals surface area contributed by atoms with E-state index in [9.17, 15) is 9.59 Å². The summed E-state index contributed by atoms with van der Waals surface area (Å²) in [4.78, 5) is 23.4. The van der Waals surface area contributed by atoms with Crippen LogP contribution in [0, 0.1) is 0 Å². The number of carbonyl (C=O) groups is 2. The summed E-state index contributed by atoms with van der Waals surface area (Å²) in [5, 5.41) is 8.56. The lowest BCUT2D eigenvalue weighted by Gasteiger charge is -2.24. The number of fused-ring (bicyclic) bond motifs is 1. The lowest BCUT2D eigenvalue weighted by molar-refractivity contribution is -0.123. The van der Waals surface area contributed by atoms with Gasteiger partial charge in [0.05, 0.1) is 5.69 Å². The third kappa shape index (κ3) is 3.53. The molecule has 1 aliphatic rings. The van der Waals surface area contributed by atoms with Crippen LogP contribution in [-0.2, 0) is 9.59 Å². The molecule has 0 saturated carbocycles. The summed E-state index contributed by atoms with van der Waals surface area (Å²) < 4.78 is 5.47. The van der Waals surface area contributed by atoms with E-state index in [4.69, 9.17) is 4.74 Å². The Bertz CT molecular complexity index is 571. The first-order chi connectivity index (χ1) is 10.0. The summed E-state index contributed by atoms with van der Waals surface area (Å²) >= 11 is 0. The molecule has 2 atom stereocenters. The summed E-state index contributed by atoms with van der Waals surface area (Å²) in [6.07, 6.45) is 1.12. The van der Waals surface area contributed by atoms with Crippen LogP contribution >= 0.6 is 0 Å². The van der Waals surface area contributed by atoms with Crippen LogP contribution in [0.25, 0.3) is 0 Å². The van der Waals surface area contributed by atoms with E-state index in [-0.39, 0.29) is 11.8 Å². The molecule has 1 aliphatic heterocycles. The van der Waals surface area contributed by atoms with Crippen LogP contribution in [0.15, 0.2) is 30.9 Å². The Morgan fingerprint density at radius 2 is 2.33 bits per heavy atom. The van der Waals surface area contributed by atoms with Crippen LogP contribution in [0.4, 0.5) is 11.4 Å². The van der Waals surface area contributed by atoms with Crippen LogP contribution in [0.1, 0.15) is 13.8 Å². The highest BCUT2D eigenvalue weighted by Gasteiger charge is 2.23. The van der Waals surface area contributed by atoms with Crippen molar-refractivity contribution in [1.29, 1.82) is 0 Å². The van der Waals surface area contributed by atoms with Gasteiger partial charge in [0, 0.05) is 12.2 Å². The fourth-order valence-electron chi connectivity index (χ4n) is 1.94. The van der Waals surface area contributed by atoms with Gasteiger partial charge in [-0.25, -0.2) is 0 Å². The van der Waals surface area contributed by atoms with Gasteiger partial charge in [0.2, 0.25) is 5.91 Å². The van der Waals surface area contributed by atoms with Gasteiger partial charge in [-0.2, -0.15) is 0 Å². The summed E-state index contributed by atoms with van der Waals surface area (Å²) in [7, 11) is 0. The molecule has 0 aliphatic carbocycles. The highest BCUT2D eigenvalue weighted by atomic mass is 16.5. The molecule has 0 spiro atoms. The minimum Gasteiger partial charge on any atom is -0.479 e. The Balaban J connectivity index is 2.05. The fraction of sp³-hybridized carbons (Fsp3) is 0.333. The molecule has 0 fully saturated rings. The van der Waals surface area contributed by atoms with Crippen LogP contribution in [0.3, 0.4) is 0 Å². The highest BCUT2D eigenvalue weighted by Crippen LogP contribution is 2.32. The molecule has 2 unspecified atom stereocenters. The Kier molecular flexibility index (Phi) is 4.47. The van der Waals surface area contributed by atoms with Crippen molar-refractivity contribution in [2.75, 3.05) is 17.2 Å². The van der Waals surface area contributed by atoms with E-state index in [0.717, 1.165) is 5.69 Å². The molecular formula is C15H19N3O3. The minimum atomic E-state index is -0.500. The number of rotatable bonds is 5. The second-order valence-corrected chi connectivity index (χ2v) is 4.86. The van der Waals surface area contributed by atoms with Gasteiger partial charge in [0.15, 0.2) is 6.10 Å². The maximum atomic E-state index is 11.8. The number of anilines is 2. The Labute approximate surface area is 123 Å². The van der Waals surface area contributed by atoms with E-state index in [2.05, 4.69) is 22.5 Å². The van der Waals surface area contributed by atoms with Gasteiger partial charge in [-0.15, -0.1) is 6.58 Å². The van der Waals surface area contributed by atoms with Gasteiger partial charge in [-0.05, 0) is 32.0 Å². The highest BCUT2D eigenvalue weighted by molar-refractivity contribution is 5.98. The third-order valence-corrected chi connectivity index (χ3v) is 3.11. The average molecular weight is 289 g/mol. The van der Waals surface area contributed by atoms with Gasteiger partial charge < -0.3 is 20.7 Å². The smallest absolute Gasteiger partial charge is 0.265 e. The molecule has 1 aromatic rings. The quantitative estimate of drug-likeness (QED) is 0.718. The lowest BCUT2D eigenvalue weighted by atomic mass is 10.2. The van der Waals surface area contributed by atoms with E-state index in [0.29, 0.717) is 18.0 Å². The van der Waals surface area contributed by atoms with Crippen molar-refractivity contribution in [3.63, 3.8) is 0 Å². The first-order valence-electron chi connectivity index (χ1n) is 6.78. The van der Waals surface area contributed by atoms with Crippen molar-refractivity contribution in [2.45, 2.75) is 26.0 Å². The molecule has 2 rings (SSSR count). The molecule has 0 bridgehead atoms. The molecule has 1 aromatic carbocycles. The molecule has 0 radical (unpaired) electrons. The van der Waals surface area contributed by atoms with Crippen LogP contribution in [-0.4, -0.2) is 30.5 Å². The minimum absolute atomic E-state index is 0.124. The summed E-state index contributed by atoms with van der Waals surface area (Å²) in [6, 6.07) is 4.92. The normalized spacial score (nSPS) is 17.8. The number of amides is 2. The Morgan fingerprint density at radius 1 is 1.57 bits per heavy atom. The monoisotopic (exact) mass is 289 g/mol. The molecule has 2 amide bonds. The largest absolute Gasteiger partial charge is 0.479 e. The van der Waals surface area contributed by atoms with Crippen LogP contribution < -0.4 is 20.7 Å². The van der Waals surface area contributed by atoms with E-state index < -0.39 is 12.1 Å². The fourth-order valence-corrected chi connectivity index (χ4v) is 1.94. The molecule has 21 heavy (non-hydrogen) atoms. The molecule has 6 nitrogen and oxygen atoms in total. The van der Waals surface area contributed by atoms with Crippen molar-refractivity contribution in [2.24, 2.45) is 0 Å². The van der Waals surface area contributed by atoms with Gasteiger partial charge in [0.1, 0.15) is 11.8 Å². The predicted molar refractivity (Wildman–Crippen MR) is 81.5 cm³/mol.